The molecule has 0 aliphatic carbocycles. The van der Waals surface area contributed by atoms with Crippen molar-refractivity contribution in [3.63, 3.8) is 0 Å². The van der Waals surface area contributed by atoms with Crippen LogP contribution in [0, 0.1) is 11.8 Å². The summed E-state index contributed by atoms with van der Waals surface area (Å²) in [4.78, 5) is 23.4. The Bertz CT molecular complexity index is 447. The van der Waals surface area contributed by atoms with Gasteiger partial charge in [-0.3, -0.25) is 9.59 Å². The second-order valence-corrected chi connectivity index (χ2v) is 7.39. The average molecular weight is 395 g/mol. The van der Waals surface area contributed by atoms with Crippen molar-refractivity contribution in [2.24, 2.45) is 0 Å². The summed E-state index contributed by atoms with van der Waals surface area (Å²) >= 11 is 0. The Hall–Kier alpha value is -1.50. The summed E-state index contributed by atoms with van der Waals surface area (Å²) in [5.74, 6) is 5.08. The zero-order chi connectivity index (χ0) is 20.9. The summed E-state index contributed by atoms with van der Waals surface area (Å²) in [6.07, 6.45) is 15.3. The highest BCUT2D eigenvalue weighted by molar-refractivity contribution is 5.72. The van der Waals surface area contributed by atoms with Crippen LogP contribution in [0.25, 0.3) is 0 Å². The Morgan fingerprint density at radius 3 is 1.82 bits per heavy atom. The molecular weight excluding hydrogens is 352 g/mol. The van der Waals surface area contributed by atoms with Crippen molar-refractivity contribution >= 4 is 11.9 Å². The van der Waals surface area contributed by atoms with Gasteiger partial charge < -0.3 is 9.47 Å². The molecule has 0 radical (unpaired) electrons. The topological polar surface area (TPSA) is 52.6 Å². The van der Waals surface area contributed by atoms with Crippen LogP contribution in [0.4, 0.5) is 0 Å². The fourth-order valence-electron chi connectivity index (χ4n) is 2.99. The molecular formula is C24H42O4. The van der Waals surface area contributed by atoms with Gasteiger partial charge in [-0.25, -0.2) is 0 Å². The van der Waals surface area contributed by atoms with Crippen molar-refractivity contribution in [3.05, 3.63) is 0 Å². The predicted octanol–water partition coefficient (Wildman–Crippen LogP) is 6.36. The van der Waals surface area contributed by atoms with E-state index in [1.807, 2.05) is 6.92 Å². The van der Waals surface area contributed by atoms with Gasteiger partial charge in [0.25, 0.3) is 0 Å². The second kappa shape index (κ2) is 20.2. The maximum Gasteiger partial charge on any atom is 0.307 e. The third kappa shape index (κ3) is 17.9. The molecule has 0 heterocycles. The van der Waals surface area contributed by atoms with E-state index in [1.54, 1.807) is 6.92 Å². The van der Waals surface area contributed by atoms with Gasteiger partial charge in [-0.05, 0) is 26.2 Å². The number of carbonyl (C=O) groups excluding carboxylic acids is 2. The van der Waals surface area contributed by atoms with Gasteiger partial charge in [0.15, 0.2) is 6.10 Å². The summed E-state index contributed by atoms with van der Waals surface area (Å²) in [5, 5.41) is 0. The standard InChI is InChI=1S/C24H42O4/c1-4-7-8-9-10-11-12-13-14-15-16-21-27-23(25)19-17-20-24(26)28-22(6-3)18-5-2/h22H,4,6-17,19-21H2,1-3H3. The van der Waals surface area contributed by atoms with E-state index in [4.69, 9.17) is 9.47 Å². The van der Waals surface area contributed by atoms with Crippen LogP contribution in [0.2, 0.25) is 0 Å². The van der Waals surface area contributed by atoms with Gasteiger partial charge in [0.2, 0.25) is 0 Å². The number of hydrogen-bond donors (Lipinski definition) is 0. The predicted molar refractivity (Wildman–Crippen MR) is 115 cm³/mol. The van der Waals surface area contributed by atoms with Gasteiger partial charge in [-0.15, -0.1) is 5.92 Å². The first-order valence-corrected chi connectivity index (χ1v) is 11.4. The monoisotopic (exact) mass is 394 g/mol. The van der Waals surface area contributed by atoms with Crippen LogP contribution in [0.1, 0.15) is 117 Å². The molecule has 0 spiro atoms. The molecule has 1 unspecified atom stereocenters. The molecule has 4 heteroatoms. The molecule has 28 heavy (non-hydrogen) atoms. The fourth-order valence-corrected chi connectivity index (χ4v) is 2.99. The Morgan fingerprint density at radius 1 is 0.750 bits per heavy atom. The lowest BCUT2D eigenvalue weighted by Crippen LogP contribution is -2.16. The fraction of sp³-hybridized carbons (Fsp3) is 0.833. The van der Waals surface area contributed by atoms with E-state index in [-0.39, 0.29) is 30.9 Å². The van der Waals surface area contributed by atoms with Crippen LogP contribution in [0.15, 0.2) is 0 Å². The number of carbonyl (C=O) groups is 2. The lowest BCUT2D eigenvalue weighted by Gasteiger charge is -2.10. The molecule has 0 aliphatic heterocycles. The van der Waals surface area contributed by atoms with Crippen LogP contribution in [0.3, 0.4) is 0 Å². The highest BCUT2D eigenvalue weighted by Gasteiger charge is 2.11. The minimum Gasteiger partial charge on any atom is -0.466 e. The van der Waals surface area contributed by atoms with Crippen molar-refractivity contribution in [2.75, 3.05) is 6.61 Å². The highest BCUT2D eigenvalue weighted by atomic mass is 16.5. The van der Waals surface area contributed by atoms with Crippen molar-refractivity contribution in [1.29, 1.82) is 0 Å². The molecule has 0 N–H and O–H groups in total. The summed E-state index contributed by atoms with van der Waals surface area (Å²) in [6.45, 7) is 6.39. The first kappa shape index (κ1) is 26.5. The Morgan fingerprint density at radius 2 is 1.29 bits per heavy atom. The Kier molecular flexibility index (Phi) is 19.2. The molecule has 1 atom stereocenters. The summed E-state index contributed by atoms with van der Waals surface area (Å²) in [5.41, 5.74) is 0. The molecule has 0 aromatic rings. The van der Waals surface area contributed by atoms with Gasteiger partial charge in [0.05, 0.1) is 6.61 Å². The first-order chi connectivity index (χ1) is 13.6. The van der Waals surface area contributed by atoms with Gasteiger partial charge in [-0.2, -0.15) is 0 Å². The lowest BCUT2D eigenvalue weighted by molar-refractivity contribution is -0.147. The minimum absolute atomic E-state index is 0.222. The zero-order valence-corrected chi connectivity index (χ0v) is 18.5. The van der Waals surface area contributed by atoms with Crippen LogP contribution in [-0.4, -0.2) is 24.6 Å². The maximum absolute atomic E-state index is 11.7. The molecule has 0 saturated heterocycles. The van der Waals surface area contributed by atoms with Crippen LogP contribution < -0.4 is 0 Å². The van der Waals surface area contributed by atoms with Gasteiger partial charge in [0.1, 0.15) is 0 Å². The van der Waals surface area contributed by atoms with Crippen molar-refractivity contribution in [1.82, 2.24) is 0 Å². The molecule has 0 fully saturated rings. The maximum atomic E-state index is 11.7. The van der Waals surface area contributed by atoms with E-state index in [0.717, 1.165) is 12.8 Å². The van der Waals surface area contributed by atoms with E-state index in [0.29, 0.717) is 19.4 Å². The molecule has 4 nitrogen and oxygen atoms in total. The molecule has 162 valence electrons. The smallest absolute Gasteiger partial charge is 0.307 e. The van der Waals surface area contributed by atoms with Crippen molar-refractivity contribution < 1.29 is 19.1 Å². The molecule has 0 aliphatic rings. The minimum atomic E-state index is -0.342. The lowest BCUT2D eigenvalue weighted by atomic mass is 10.1. The van der Waals surface area contributed by atoms with Crippen molar-refractivity contribution in [3.8, 4) is 11.8 Å². The summed E-state index contributed by atoms with van der Waals surface area (Å²) in [7, 11) is 0. The van der Waals surface area contributed by atoms with Crippen LogP contribution in [0.5, 0.6) is 0 Å². The van der Waals surface area contributed by atoms with E-state index >= 15 is 0 Å². The quantitative estimate of drug-likeness (QED) is 0.154. The molecule has 0 saturated carbocycles. The normalized spacial score (nSPS) is 11.4. The molecule has 0 aromatic heterocycles. The number of esters is 2. The van der Waals surface area contributed by atoms with Crippen molar-refractivity contribution in [2.45, 2.75) is 123 Å². The van der Waals surface area contributed by atoms with E-state index in [9.17, 15) is 9.59 Å². The molecule has 0 amide bonds. The number of rotatable bonds is 18. The number of hydrogen-bond acceptors (Lipinski definition) is 4. The van der Waals surface area contributed by atoms with Crippen LogP contribution >= 0.6 is 0 Å². The third-order valence-corrected chi connectivity index (χ3v) is 4.72. The molecule has 0 bridgehead atoms. The number of ether oxygens (including phenoxy) is 2. The SMILES string of the molecule is CC#CC(CC)OC(=O)CCCC(=O)OCCCCCCCCCCCCC. The van der Waals surface area contributed by atoms with Gasteiger partial charge in [-0.1, -0.05) is 84.0 Å². The van der Waals surface area contributed by atoms with Gasteiger partial charge >= 0.3 is 11.9 Å². The zero-order valence-electron chi connectivity index (χ0n) is 18.5. The Balaban J connectivity index is 3.43. The van der Waals surface area contributed by atoms with Gasteiger partial charge in [0, 0.05) is 12.8 Å². The first-order valence-electron chi connectivity index (χ1n) is 11.4. The van der Waals surface area contributed by atoms with E-state index in [1.165, 1.54) is 57.8 Å². The summed E-state index contributed by atoms with van der Waals surface area (Å²) in [6, 6.07) is 0. The highest BCUT2D eigenvalue weighted by Crippen LogP contribution is 2.11. The molecule has 0 aromatic carbocycles. The molecule has 0 rings (SSSR count). The number of unbranched alkanes of at least 4 members (excludes halogenated alkanes) is 10. The second-order valence-electron chi connectivity index (χ2n) is 7.39. The third-order valence-electron chi connectivity index (χ3n) is 4.72. The largest absolute Gasteiger partial charge is 0.466 e. The average Bonchev–Trinajstić information content (AvgIpc) is 2.68. The van der Waals surface area contributed by atoms with E-state index in [2.05, 4.69) is 18.8 Å². The Labute approximate surface area is 173 Å². The van der Waals surface area contributed by atoms with Crippen LogP contribution in [-0.2, 0) is 19.1 Å². The summed E-state index contributed by atoms with van der Waals surface area (Å²) < 4.78 is 10.5. The van der Waals surface area contributed by atoms with E-state index < -0.39 is 0 Å².